The largest absolute Gasteiger partial charge is 0.396 e. The van der Waals surface area contributed by atoms with E-state index in [0.717, 1.165) is 0 Å². The van der Waals surface area contributed by atoms with E-state index < -0.39 is 5.41 Å². The molecule has 1 unspecified atom stereocenters. The fourth-order valence-corrected chi connectivity index (χ4v) is 2.06. The quantitative estimate of drug-likeness (QED) is 0.723. The van der Waals surface area contributed by atoms with Gasteiger partial charge >= 0.3 is 6.03 Å². The number of hydrogen-bond acceptors (Lipinski definition) is 2. The summed E-state index contributed by atoms with van der Waals surface area (Å²) in [6, 6.07) is 6.32. The smallest absolute Gasteiger partial charge is 0.314 e. The Balaban J connectivity index is 2.46. The van der Waals surface area contributed by atoms with E-state index in [1.807, 2.05) is 20.8 Å². The van der Waals surface area contributed by atoms with Gasteiger partial charge in [0.25, 0.3) is 0 Å². The van der Waals surface area contributed by atoms with E-state index in [2.05, 4.69) is 10.6 Å². The predicted octanol–water partition coefficient (Wildman–Crippen LogP) is 2.42. The maximum atomic E-state index is 13.8. The van der Waals surface area contributed by atoms with Crippen molar-refractivity contribution in [1.82, 2.24) is 10.6 Å². The lowest BCUT2D eigenvalue weighted by atomic mass is 9.84. The van der Waals surface area contributed by atoms with Gasteiger partial charge in [-0.1, -0.05) is 39.0 Å². The molecule has 4 nitrogen and oxygen atoms in total. The van der Waals surface area contributed by atoms with Crippen molar-refractivity contribution < 1.29 is 14.3 Å². The number of carbonyl (C=O) groups excluding carboxylic acids is 1. The van der Waals surface area contributed by atoms with Crippen molar-refractivity contribution in [2.24, 2.45) is 5.92 Å². The minimum Gasteiger partial charge on any atom is -0.396 e. The van der Waals surface area contributed by atoms with E-state index in [-0.39, 0.29) is 24.4 Å². The van der Waals surface area contributed by atoms with E-state index in [4.69, 9.17) is 5.11 Å². The third-order valence-electron chi connectivity index (χ3n) is 3.53. The van der Waals surface area contributed by atoms with Gasteiger partial charge in [0.1, 0.15) is 5.82 Å². The Labute approximate surface area is 125 Å². The Morgan fingerprint density at radius 3 is 2.62 bits per heavy atom. The zero-order valence-corrected chi connectivity index (χ0v) is 12.9. The van der Waals surface area contributed by atoms with Crippen molar-refractivity contribution in [3.05, 3.63) is 35.6 Å². The summed E-state index contributed by atoms with van der Waals surface area (Å²) in [4.78, 5) is 11.7. The van der Waals surface area contributed by atoms with E-state index in [9.17, 15) is 9.18 Å². The molecule has 1 aromatic carbocycles. The molecule has 0 bridgehead atoms. The second kappa shape index (κ2) is 7.98. The number of carbonyl (C=O) groups is 1. The van der Waals surface area contributed by atoms with Crippen LogP contribution in [0, 0.1) is 11.7 Å². The summed E-state index contributed by atoms with van der Waals surface area (Å²) >= 11 is 0. The Kier molecular flexibility index (Phi) is 6.62. The van der Waals surface area contributed by atoms with Gasteiger partial charge < -0.3 is 15.7 Å². The summed E-state index contributed by atoms with van der Waals surface area (Å²) in [5, 5.41) is 14.3. The average Bonchev–Trinajstić information content (AvgIpc) is 2.43. The van der Waals surface area contributed by atoms with Gasteiger partial charge in [-0.15, -0.1) is 0 Å². The molecule has 2 amide bonds. The molecule has 118 valence electrons. The number of benzene rings is 1. The molecule has 0 aliphatic carbocycles. The molecule has 0 aromatic heterocycles. The topological polar surface area (TPSA) is 61.4 Å². The second-order valence-electron chi connectivity index (χ2n) is 6.04. The molecule has 0 heterocycles. The molecular weight excluding hydrogens is 271 g/mol. The highest BCUT2D eigenvalue weighted by Gasteiger charge is 2.24. The number of amides is 2. The molecule has 0 fully saturated rings. The molecule has 0 saturated carbocycles. The maximum Gasteiger partial charge on any atom is 0.314 e. The number of halogens is 1. The van der Waals surface area contributed by atoms with Crippen molar-refractivity contribution >= 4 is 6.03 Å². The lowest BCUT2D eigenvalue weighted by molar-refractivity contribution is 0.231. The van der Waals surface area contributed by atoms with Gasteiger partial charge in [0.2, 0.25) is 0 Å². The van der Waals surface area contributed by atoms with Crippen LogP contribution in [0.5, 0.6) is 0 Å². The lowest BCUT2D eigenvalue weighted by Gasteiger charge is -2.26. The monoisotopic (exact) mass is 296 g/mol. The third-order valence-corrected chi connectivity index (χ3v) is 3.53. The molecule has 5 heteroatoms. The summed E-state index contributed by atoms with van der Waals surface area (Å²) in [5.41, 5.74) is 0.0957. The zero-order valence-electron chi connectivity index (χ0n) is 12.9. The molecule has 0 spiro atoms. The highest BCUT2D eigenvalue weighted by molar-refractivity contribution is 5.73. The molecule has 21 heavy (non-hydrogen) atoms. The molecular formula is C16H25FN2O2. The normalized spacial score (nSPS) is 12.8. The molecule has 3 N–H and O–H groups in total. The minimum absolute atomic E-state index is 0.116. The maximum absolute atomic E-state index is 13.8. The van der Waals surface area contributed by atoms with Crippen molar-refractivity contribution in [3.63, 3.8) is 0 Å². The van der Waals surface area contributed by atoms with Crippen LogP contribution in [-0.2, 0) is 5.41 Å². The van der Waals surface area contributed by atoms with Crippen LogP contribution in [-0.4, -0.2) is 30.8 Å². The fourth-order valence-electron chi connectivity index (χ4n) is 2.06. The van der Waals surface area contributed by atoms with Crippen molar-refractivity contribution in [3.8, 4) is 0 Å². The zero-order chi connectivity index (χ0) is 15.9. The standard InChI is InChI=1S/C16H25FN2O2/c1-12(8-9-20)10-18-15(21)19-11-16(2,3)13-6-4-5-7-14(13)17/h4-7,12,20H,8-11H2,1-3H3,(H2,18,19,21). The number of nitrogens with one attached hydrogen (secondary N) is 2. The Hall–Kier alpha value is -1.62. The predicted molar refractivity (Wildman–Crippen MR) is 81.7 cm³/mol. The summed E-state index contributed by atoms with van der Waals surface area (Å²) in [7, 11) is 0. The van der Waals surface area contributed by atoms with Gasteiger partial charge in [0.15, 0.2) is 0 Å². The van der Waals surface area contributed by atoms with Crippen molar-refractivity contribution in [2.45, 2.75) is 32.6 Å². The SMILES string of the molecule is CC(CCO)CNC(=O)NCC(C)(C)c1ccccc1F. The van der Waals surface area contributed by atoms with Crippen LogP contribution in [0.1, 0.15) is 32.8 Å². The second-order valence-corrected chi connectivity index (χ2v) is 6.04. The van der Waals surface area contributed by atoms with Crippen LogP contribution in [0.25, 0.3) is 0 Å². The number of hydrogen-bond donors (Lipinski definition) is 3. The Morgan fingerprint density at radius 2 is 2.00 bits per heavy atom. The number of aliphatic hydroxyl groups is 1. The fraction of sp³-hybridized carbons (Fsp3) is 0.562. The minimum atomic E-state index is -0.487. The van der Waals surface area contributed by atoms with Gasteiger partial charge in [0.05, 0.1) is 0 Å². The van der Waals surface area contributed by atoms with Crippen LogP contribution in [0.3, 0.4) is 0 Å². The van der Waals surface area contributed by atoms with Crippen LogP contribution in [0.4, 0.5) is 9.18 Å². The highest BCUT2D eigenvalue weighted by atomic mass is 19.1. The third kappa shape index (κ3) is 5.71. The van der Waals surface area contributed by atoms with E-state index in [1.165, 1.54) is 6.07 Å². The highest BCUT2D eigenvalue weighted by Crippen LogP contribution is 2.24. The molecule has 0 saturated heterocycles. The van der Waals surface area contributed by atoms with Crippen molar-refractivity contribution in [2.75, 3.05) is 19.7 Å². The first kappa shape index (κ1) is 17.4. The van der Waals surface area contributed by atoms with Gasteiger partial charge in [-0.25, -0.2) is 9.18 Å². The molecule has 0 aliphatic rings. The van der Waals surface area contributed by atoms with Gasteiger partial charge in [-0.05, 0) is 24.0 Å². The van der Waals surface area contributed by atoms with Gasteiger partial charge in [0, 0.05) is 25.1 Å². The van der Waals surface area contributed by atoms with Gasteiger partial charge in [-0.3, -0.25) is 0 Å². The first-order valence-electron chi connectivity index (χ1n) is 7.24. The summed E-state index contributed by atoms with van der Waals surface area (Å²) < 4.78 is 13.8. The molecule has 0 aliphatic heterocycles. The van der Waals surface area contributed by atoms with Crippen molar-refractivity contribution in [1.29, 1.82) is 0 Å². The Morgan fingerprint density at radius 1 is 1.33 bits per heavy atom. The van der Waals surface area contributed by atoms with E-state index in [0.29, 0.717) is 25.1 Å². The average molecular weight is 296 g/mol. The lowest BCUT2D eigenvalue weighted by Crippen LogP contribution is -2.43. The first-order valence-corrected chi connectivity index (χ1v) is 7.24. The Bertz CT molecular complexity index is 463. The summed E-state index contributed by atoms with van der Waals surface area (Å²) in [6.07, 6.45) is 0.654. The van der Waals surface area contributed by atoms with Crippen LogP contribution in [0.15, 0.2) is 24.3 Å². The van der Waals surface area contributed by atoms with Crippen LogP contribution in [0.2, 0.25) is 0 Å². The van der Waals surface area contributed by atoms with Gasteiger partial charge in [-0.2, -0.15) is 0 Å². The van der Waals surface area contributed by atoms with Crippen LogP contribution >= 0.6 is 0 Å². The number of urea groups is 1. The molecule has 1 rings (SSSR count). The molecule has 1 aromatic rings. The summed E-state index contributed by atoms with van der Waals surface area (Å²) in [5.74, 6) is -0.0402. The van der Waals surface area contributed by atoms with Crippen LogP contribution < -0.4 is 10.6 Å². The number of aliphatic hydroxyl groups excluding tert-OH is 1. The number of rotatable bonds is 7. The van der Waals surface area contributed by atoms with E-state index in [1.54, 1.807) is 18.2 Å². The molecule has 0 radical (unpaired) electrons. The first-order chi connectivity index (χ1) is 9.86. The molecule has 1 atom stereocenters. The van der Waals surface area contributed by atoms with E-state index >= 15 is 0 Å². The summed E-state index contributed by atoms with van der Waals surface area (Å²) in [6.45, 7) is 6.70.